The molecular formula is C24H22N2O2S. The summed E-state index contributed by atoms with van der Waals surface area (Å²) >= 11 is 5.27. The molecule has 4 nitrogen and oxygen atoms in total. The van der Waals surface area contributed by atoms with Crippen molar-refractivity contribution in [3.63, 3.8) is 0 Å². The lowest BCUT2D eigenvalue weighted by Gasteiger charge is -2.12. The Morgan fingerprint density at radius 3 is 2.34 bits per heavy atom. The molecule has 0 saturated heterocycles. The fourth-order valence-corrected chi connectivity index (χ4v) is 2.86. The van der Waals surface area contributed by atoms with Gasteiger partial charge in [-0.25, -0.2) is 0 Å². The number of hydrogen-bond acceptors (Lipinski definition) is 3. The summed E-state index contributed by atoms with van der Waals surface area (Å²) in [5.41, 5.74) is 4.35. The van der Waals surface area contributed by atoms with E-state index in [4.69, 9.17) is 17.0 Å². The van der Waals surface area contributed by atoms with E-state index >= 15 is 0 Å². The second-order valence-electron chi connectivity index (χ2n) is 6.63. The first-order valence-corrected chi connectivity index (χ1v) is 9.57. The van der Waals surface area contributed by atoms with Crippen molar-refractivity contribution in [2.75, 3.05) is 11.9 Å². The van der Waals surface area contributed by atoms with Crippen molar-refractivity contribution in [3.05, 3.63) is 96.6 Å². The van der Waals surface area contributed by atoms with E-state index in [9.17, 15) is 4.79 Å². The molecule has 0 aliphatic carbocycles. The number of rotatable bonds is 6. The number of carbonyl (C=O) groups excluding carboxylic acids is 1. The number of amides is 1. The van der Waals surface area contributed by atoms with Crippen molar-refractivity contribution in [2.24, 2.45) is 0 Å². The SMILES string of the molecule is C=C(C)COc1cccc(NC(=S)NC(=O)c2ccc(-c3ccccc3)cc2)c1. The third-order valence-electron chi connectivity index (χ3n) is 4.06. The molecule has 3 aromatic carbocycles. The topological polar surface area (TPSA) is 50.4 Å². The molecule has 0 heterocycles. The van der Waals surface area contributed by atoms with E-state index in [1.807, 2.05) is 73.7 Å². The largest absolute Gasteiger partial charge is 0.489 e. The van der Waals surface area contributed by atoms with Gasteiger partial charge in [0.25, 0.3) is 5.91 Å². The zero-order valence-corrected chi connectivity index (χ0v) is 17.0. The summed E-state index contributed by atoms with van der Waals surface area (Å²) in [6, 6.07) is 24.8. The Labute approximate surface area is 176 Å². The van der Waals surface area contributed by atoms with Crippen LogP contribution in [0.5, 0.6) is 5.75 Å². The summed E-state index contributed by atoms with van der Waals surface area (Å²) in [6.45, 7) is 6.17. The number of benzene rings is 3. The molecule has 0 radical (unpaired) electrons. The van der Waals surface area contributed by atoms with Gasteiger partial charge in [0.1, 0.15) is 12.4 Å². The monoisotopic (exact) mass is 402 g/mol. The molecule has 0 unspecified atom stereocenters. The summed E-state index contributed by atoms with van der Waals surface area (Å²) < 4.78 is 5.62. The van der Waals surface area contributed by atoms with Gasteiger partial charge in [0.2, 0.25) is 0 Å². The molecule has 0 aliphatic heterocycles. The summed E-state index contributed by atoms with van der Waals surface area (Å²) in [5, 5.41) is 5.93. The first-order valence-electron chi connectivity index (χ1n) is 9.16. The minimum absolute atomic E-state index is 0.221. The summed E-state index contributed by atoms with van der Waals surface area (Å²) in [6.07, 6.45) is 0. The highest BCUT2D eigenvalue weighted by Gasteiger charge is 2.09. The first kappa shape index (κ1) is 20.3. The summed E-state index contributed by atoms with van der Waals surface area (Å²) in [5.74, 6) is 0.431. The standard InChI is InChI=1S/C24H22N2O2S/c1-17(2)16-28-22-10-6-9-21(15-22)25-24(29)26-23(27)20-13-11-19(12-14-20)18-7-4-3-5-8-18/h3-15H,1,16H2,2H3,(H2,25,26,27,29). The van der Waals surface area contributed by atoms with Crippen LogP contribution < -0.4 is 15.4 Å². The lowest BCUT2D eigenvalue weighted by atomic mass is 10.0. The highest BCUT2D eigenvalue weighted by Crippen LogP contribution is 2.20. The average Bonchev–Trinajstić information content (AvgIpc) is 2.73. The van der Waals surface area contributed by atoms with Crippen LogP contribution in [0.2, 0.25) is 0 Å². The third-order valence-corrected chi connectivity index (χ3v) is 4.26. The van der Waals surface area contributed by atoms with Gasteiger partial charge in [-0.1, -0.05) is 55.1 Å². The van der Waals surface area contributed by atoms with Gasteiger partial charge in [0, 0.05) is 17.3 Å². The van der Waals surface area contributed by atoms with E-state index < -0.39 is 0 Å². The number of thiocarbonyl (C=S) groups is 1. The van der Waals surface area contributed by atoms with Gasteiger partial charge < -0.3 is 10.1 Å². The molecule has 146 valence electrons. The lowest BCUT2D eigenvalue weighted by molar-refractivity contribution is 0.0978. The van der Waals surface area contributed by atoms with Gasteiger partial charge in [-0.3, -0.25) is 10.1 Å². The maximum absolute atomic E-state index is 12.5. The van der Waals surface area contributed by atoms with Gasteiger partial charge in [-0.15, -0.1) is 0 Å². The first-order chi connectivity index (χ1) is 14.0. The van der Waals surface area contributed by atoms with E-state index in [2.05, 4.69) is 17.2 Å². The molecule has 3 rings (SSSR count). The maximum atomic E-state index is 12.5. The van der Waals surface area contributed by atoms with Gasteiger partial charge in [0.05, 0.1) is 0 Å². The van der Waals surface area contributed by atoms with Crippen molar-refractivity contribution in [2.45, 2.75) is 6.92 Å². The number of ether oxygens (including phenoxy) is 1. The predicted octanol–water partition coefficient (Wildman–Crippen LogP) is 5.44. The van der Waals surface area contributed by atoms with Crippen LogP contribution in [-0.4, -0.2) is 17.6 Å². The minimum atomic E-state index is -0.267. The lowest BCUT2D eigenvalue weighted by Crippen LogP contribution is -2.34. The fraction of sp³-hybridized carbons (Fsp3) is 0.0833. The molecule has 0 spiro atoms. The summed E-state index contributed by atoms with van der Waals surface area (Å²) in [7, 11) is 0. The number of nitrogens with one attached hydrogen (secondary N) is 2. The zero-order valence-electron chi connectivity index (χ0n) is 16.1. The van der Waals surface area contributed by atoms with E-state index in [0.29, 0.717) is 17.9 Å². The average molecular weight is 403 g/mol. The summed E-state index contributed by atoms with van der Waals surface area (Å²) in [4.78, 5) is 12.5. The minimum Gasteiger partial charge on any atom is -0.489 e. The van der Waals surface area contributed by atoms with Crippen LogP contribution in [0.25, 0.3) is 11.1 Å². The molecule has 0 fully saturated rings. The second-order valence-corrected chi connectivity index (χ2v) is 7.03. The molecule has 5 heteroatoms. The van der Waals surface area contributed by atoms with Crippen molar-refractivity contribution >= 4 is 28.9 Å². The molecule has 1 amide bonds. The van der Waals surface area contributed by atoms with Crippen LogP contribution in [0.3, 0.4) is 0 Å². The van der Waals surface area contributed by atoms with Crippen LogP contribution in [0.1, 0.15) is 17.3 Å². The van der Waals surface area contributed by atoms with Crippen molar-refractivity contribution < 1.29 is 9.53 Å². The van der Waals surface area contributed by atoms with Crippen LogP contribution in [0.4, 0.5) is 5.69 Å². The van der Waals surface area contributed by atoms with Gasteiger partial charge in [0.15, 0.2) is 5.11 Å². The molecular weight excluding hydrogens is 380 g/mol. The van der Waals surface area contributed by atoms with Crippen molar-refractivity contribution in [1.82, 2.24) is 5.32 Å². The Morgan fingerprint density at radius 2 is 1.66 bits per heavy atom. The van der Waals surface area contributed by atoms with Crippen molar-refractivity contribution in [3.8, 4) is 16.9 Å². The maximum Gasteiger partial charge on any atom is 0.257 e. The van der Waals surface area contributed by atoms with E-state index in [1.165, 1.54) is 0 Å². The highest BCUT2D eigenvalue weighted by molar-refractivity contribution is 7.80. The Hall–Kier alpha value is -3.44. The van der Waals surface area contributed by atoms with E-state index in [-0.39, 0.29) is 11.0 Å². The smallest absolute Gasteiger partial charge is 0.257 e. The predicted molar refractivity (Wildman–Crippen MR) is 122 cm³/mol. The van der Waals surface area contributed by atoms with Crippen LogP contribution in [-0.2, 0) is 0 Å². The number of anilines is 1. The molecule has 29 heavy (non-hydrogen) atoms. The van der Waals surface area contributed by atoms with Gasteiger partial charge >= 0.3 is 0 Å². The van der Waals surface area contributed by atoms with Crippen LogP contribution in [0.15, 0.2) is 91.0 Å². The molecule has 0 aliphatic rings. The normalized spacial score (nSPS) is 10.1. The molecule has 2 N–H and O–H groups in total. The van der Waals surface area contributed by atoms with Crippen LogP contribution in [0, 0.1) is 0 Å². The molecule has 3 aromatic rings. The number of hydrogen-bond donors (Lipinski definition) is 2. The zero-order chi connectivity index (χ0) is 20.6. The van der Waals surface area contributed by atoms with E-state index in [1.54, 1.807) is 12.1 Å². The Kier molecular flexibility index (Phi) is 6.76. The third kappa shape index (κ3) is 6.02. The van der Waals surface area contributed by atoms with Crippen molar-refractivity contribution in [1.29, 1.82) is 0 Å². The van der Waals surface area contributed by atoms with Crippen LogP contribution >= 0.6 is 12.2 Å². The van der Waals surface area contributed by atoms with Gasteiger partial charge in [-0.2, -0.15) is 0 Å². The van der Waals surface area contributed by atoms with Gasteiger partial charge in [-0.05, 0) is 60.1 Å². The Bertz CT molecular complexity index is 1010. The highest BCUT2D eigenvalue weighted by atomic mass is 32.1. The quantitative estimate of drug-likeness (QED) is 0.426. The Balaban J connectivity index is 1.58. The number of carbonyl (C=O) groups is 1. The fourth-order valence-electron chi connectivity index (χ4n) is 2.65. The molecule has 0 bridgehead atoms. The molecule has 0 atom stereocenters. The second kappa shape index (κ2) is 9.66. The molecule has 0 saturated carbocycles. The Morgan fingerprint density at radius 1 is 0.966 bits per heavy atom. The van der Waals surface area contributed by atoms with E-state index in [0.717, 1.165) is 22.4 Å². The molecule has 0 aromatic heterocycles.